The minimum Gasteiger partial charge on any atom is -0.427 e. The largest absolute Gasteiger partial charge is 0.427 e. The first-order valence-electron chi connectivity index (χ1n) is 10.0. The number of ether oxygens (including phenoxy) is 2. The van der Waals surface area contributed by atoms with Crippen LogP contribution < -0.4 is 0 Å². The zero-order chi connectivity index (χ0) is 20.7. The first-order chi connectivity index (χ1) is 12.7. The highest BCUT2D eigenvalue weighted by Gasteiger charge is 1.86. The van der Waals surface area contributed by atoms with Crippen molar-refractivity contribution in [2.45, 2.75) is 80.6 Å². The van der Waals surface area contributed by atoms with Gasteiger partial charge in [0.05, 0.1) is 26.4 Å². The molecule has 0 aromatic rings. The monoisotopic (exact) mass is 480 g/mol. The third-order valence-corrected chi connectivity index (χ3v) is 5.19. The first kappa shape index (κ1) is 47.3. The topological polar surface area (TPSA) is 77.4 Å². The van der Waals surface area contributed by atoms with Gasteiger partial charge in [0.15, 0.2) is 19.5 Å². The van der Waals surface area contributed by atoms with Gasteiger partial charge in [-0.05, 0) is 12.8 Å². The number of aliphatic hydroxyl groups is 2. The van der Waals surface area contributed by atoms with Gasteiger partial charge >= 0.3 is 0 Å². The lowest BCUT2D eigenvalue weighted by molar-refractivity contribution is 0.0898. The Morgan fingerprint density at radius 2 is 1.03 bits per heavy atom. The lowest BCUT2D eigenvalue weighted by Crippen LogP contribution is -2.00. The van der Waals surface area contributed by atoms with E-state index in [2.05, 4.69) is 35.4 Å². The summed E-state index contributed by atoms with van der Waals surface area (Å²) in [5, 5.41) is 16.6. The Kier molecular flexibility index (Phi) is 103. The normalized spacial score (nSPS) is 9.52. The molecule has 0 spiro atoms. The SMILES string of the molecule is C.C.C.CCCCCOCCO.CO[SiH2]C.CO[SiH2]C.C[SiH2]CCCOCCO. The zero-order valence-corrected chi connectivity index (χ0v) is 22.7. The molecule has 9 heteroatoms. The minimum absolute atomic E-state index is 0. The number of hydrogen-bond donors (Lipinski definition) is 2. The molecule has 0 aromatic heterocycles. The molecule has 6 nitrogen and oxygen atoms in total. The van der Waals surface area contributed by atoms with Crippen LogP contribution in [0.1, 0.15) is 54.9 Å². The van der Waals surface area contributed by atoms with Gasteiger partial charge in [-0.3, -0.25) is 0 Å². The molecule has 0 rings (SSSR count). The predicted molar refractivity (Wildman–Crippen MR) is 142 cm³/mol. The third-order valence-electron chi connectivity index (χ3n) is 2.83. The highest BCUT2D eigenvalue weighted by Crippen LogP contribution is 1.93. The van der Waals surface area contributed by atoms with E-state index in [-0.39, 0.29) is 64.5 Å². The van der Waals surface area contributed by atoms with E-state index in [1.54, 1.807) is 14.2 Å². The van der Waals surface area contributed by atoms with E-state index in [0.717, 1.165) is 19.6 Å². The summed E-state index contributed by atoms with van der Waals surface area (Å²) in [6.45, 7) is 11.6. The average molecular weight is 481 g/mol. The van der Waals surface area contributed by atoms with Crippen LogP contribution >= 0.6 is 0 Å². The van der Waals surface area contributed by atoms with Crippen molar-refractivity contribution in [1.29, 1.82) is 0 Å². The molecule has 0 heterocycles. The van der Waals surface area contributed by atoms with E-state index in [1.807, 2.05) is 0 Å². The van der Waals surface area contributed by atoms with Crippen molar-refractivity contribution in [2.24, 2.45) is 0 Å². The van der Waals surface area contributed by atoms with Crippen LogP contribution in [0.25, 0.3) is 0 Å². The summed E-state index contributed by atoms with van der Waals surface area (Å²) in [5.74, 6) is 0. The molecule has 0 aliphatic rings. The summed E-state index contributed by atoms with van der Waals surface area (Å²) in [7, 11) is 3.57. The van der Waals surface area contributed by atoms with E-state index in [9.17, 15) is 0 Å². The summed E-state index contributed by atoms with van der Waals surface area (Å²) >= 11 is 0. The zero-order valence-electron chi connectivity index (χ0n) is 18.4. The highest BCUT2D eigenvalue weighted by atomic mass is 28.2. The molecule has 0 aliphatic heterocycles. The van der Waals surface area contributed by atoms with Crippen LogP contribution in [0, 0.1) is 0 Å². The van der Waals surface area contributed by atoms with E-state index in [0.29, 0.717) is 13.2 Å². The fourth-order valence-electron chi connectivity index (χ4n) is 1.24. The summed E-state index contributed by atoms with van der Waals surface area (Å²) in [6.07, 6.45) is 4.76. The molecule has 0 unspecified atom stereocenters. The van der Waals surface area contributed by atoms with Crippen molar-refractivity contribution >= 4 is 29.0 Å². The molecule has 0 aliphatic carbocycles. The Morgan fingerprint density at radius 3 is 1.31 bits per heavy atom. The fourth-order valence-corrected chi connectivity index (χ4v) is 1.95. The Balaban J connectivity index is -0.0000000458. The lowest BCUT2D eigenvalue weighted by Gasteiger charge is -1.98. The lowest BCUT2D eigenvalue weighted by atomic mass is 10.3. The maximum absolute atomic E-state index is 8.31. The summed E-state index contributed by atoms with van der Waals surface area (Å²) in [4.78, 5) is 0. The van der Waals surface area contributed by atoms with Crippen molar-refractivity contribution < 1.29 is 28.5 Å². The summed E-state index contributed by atoms with van der Waals surface area (Å²) < 4.78 is 19.5. The number of rotatable bonds is 14. The molecule has 0 aromatic carbocycles. The quantitative estimate of drug-likeness (QED) is 0.294. The standard InChI is InChI=1S/C7H16O2.C6H16O2Si.2C2H8OSi.3CH4/c1-2-3-4-6-9-7-5-8;1-9-6-2-4-8-5-3-7;2*1-3-4-2;;;/h8H,2-7H2,1H3;7H,2-6,9H2,1H3;2*4H2,1-2H3;3*1H4. The van der Waals surface area contributed by atoms with Gasteiger partial charge in [-0.1, -0.05) is 67.7 Å². The van der Waals surface area contributed by atoms with Crippen molar-refractivity contribution in [2.75, 3.05) is 53.9 Å². The Bertz CT molecular complexity index is 150. The third kappa shape index (κ3) is 95.4. The fraction of sp³-hybridized carbons (Fsp3) is 1.00. The van der Waals surface area contributed by atoms with Crippen LogP contribution in [-0.2, 0) is 18.3 Å². The Morgan fingerprint density at radius 1 is 0.655 bits per heavy atom. The van der Waals surface area contributed by atoms with E-state index >= 15 is 0 Å². The van der Waals surface area contributed by atoms with Crippen molar-refractivity contribution in [1.82, 2.24) is 0 Å². The van der Waals surface area contributed by atoms with Gasteiger partial charge in [0.25, 0.3) is 0 Å². The van der Waals surface area contributed by atoms with Crippen molar-refractivity contribution in [3.8, 4) is 0 Å². The van der Waals surface area contributed by atoms with Crippen LogP contribution in [0.2, 0.25) is 25.7 Å². The molecule has 0 atom stereocenters. The maximum atomic E-state index is 8.31. The predicted octanol–water partition coefficient (Wildman–Crippen LogP) is 2.64. The maximum Gasteiger partial charge on any atom is 0.157 e. The number of hydrogen-bond acceptors (Lipinski definition) is 6. The van der Waals surface area contributed by atoms with Crippen LogP contribution in [0.4, 0.5) is 0 Å². The van der Waals surface area contributed by atoms with Crippen LogP contribution in [-0.4, -0.2) is 93.1 Å². The van der Waals surface area contributed by atoms with Gasteiger partial charge in [0.2, 0.25) is 0 Å². The average Bonchev–Trinajstić information content (AvgIpc) is 2.69. The van der Waals surface area contributed by atoms with E-state index < -0.39 is 0 Å². The molecule has 0 saturated heterocycles. The molecule has 0 fully saturated rings. The number of aliphatic hydroxyl groups excluding tert-OH is 2. The smallest absolute Gasteiger partial charge is 0.157 e. The molecule has 0 bridgehead atoms. The second-order valence-corrected chi connectivity index (χ2v) is 9.26. The van der Waals surface area contributed by atoms with Crippen molar-refractivity contribution in [3.05, 3.63) is 0 Å². The second kappa shape index (κ2) is 63.0. The second-order valence-electron chi connectivity index (χ2n) is 5.24. The van der Waals surface area contributed by atoms with E-state index in [1.165, 1.54) is 25.3 Å². The Hall–Kier alpha value is 0.411. The van der Waals surface area contributed by atoms with Gasteiger partial charge in [-0.15, -0.1) is 0 Å². The van der Waals surface area contributed by atoms with Gasteiger partial charge in [0, 0.05) is 37.0 Å². The van der Waals surface area contributed by atoms with Gasteiger partial charge < -0.3 is 28.5 Å². The first-order valence-corrected chi connectivity index (χ1v) is 16.4. The number of unbranched alkanes of at least 4 members (excludes halogenated alkanes) is 2. The van der Waals surface area contributed by atoms with E-state index in [4.69, 9.17) is 19.7 Å². The minimum atomic E-state index is -0.0756. The van der Waals surface area contributed by atoms with Gasteiger partial charge in [-0.25, -0.2) is 0 Å². The molecule has 29 heavy (non-hydrogen) atoms. The van der Waals surface area contributed by atoms with Crippen molar-refractivity contribution in [3.63, 3.8) is 0 Å². The summed E-state index contributed by atoms with van der Waals surface area (Å²) in [6, 6.07) is 1.37. The highest BCUT2D eigenvalue weighted by molar-refractivity contribution is 6.33. The summed E-state index contributed by atoms with van der Waals surface area (Å²) in [5.41, 5.74) is 0. The molecule has 0 saturated carbocycles. The molecular formula is C20H60O6Si3. The molecule has 2 N–H and O–H groups in total. The van der Waals surface area contributed by atoms with Crippen LogP contribution in [0.3, 0.4) is 0 Å². The Labute approximate surface area is 192 Å². The molecule has 0 radical (unpaired) electrons. The van der Waals surface area contributed by atoms with Crippen LogP contribution in [0.15, 0.2) is 0 Å². The molecular weight excluding hydrogens is 420 g/mol. The molecule has 0 amide bonds. The van der Waals surface area contributed by atoms with Gasteiger partial charge in [0.1, 0.15) is 0 Å². The van der Waals surface area contributed by atoms with Gasteiger partial charge in [-0.2, -0.15) is 0 Å². The van der Waals surface area contributed by atoms with Crippen LogP contribution in [0.5, 0.6) is 0 Å². The molecule has 188 valence electrons.